The van der Waals surface area contributed by atoms with E-state index in [1.807, 2.05) is 59.7 Å². The van der Waals surface area contributed by atoms with Crippen LogP contribution in [0.3, 0.4) is 0 Å². The minimum absolute atomic E-state index is 0.0306. The molecule has 1 aromatic heterocycles. The number of ether oxygens (including phenoxy) is 1. The lowest BCUT2D eigenvalue weighted by molar-refractivity contribution is -0.120. The van der Waals surface area contributed by atoms with E-state index in [-0.39, 0.29) is 18.4 Å². The van der Waals surface area contributed by atoms with Crippen molar-refractivity contribution in [1.29, 1.82) is 0 Å². The lowest BCUT2D eigenvalue weighted by Crippen LogP contribution is -2.47. The van der Waals surface area contributed by atoms with Crippen LogP contribution in [0.2, 0.25) is 5.02 Å². The van der Waals surface area contributed by atoms with E-state index in [0.717, 1.165) is 28.5 Å². The van der Waals surface area contributed by atoms with Crippen molar-refractivity contribution in [2.75, 3.05) is 37.0 Å². The van der Waals surface area contributed by atoms with Crippen LogP contribution in [-0.4, -0.2) is 43.1 Å². The molecule has 1 saturated heterocycles. The van der Waals surface area contributed by atoms with E-state index in [1.165, 1.54) is 0 Å². The van der Waals surface area contributed by atoms with Gasteiger partial charge in [-0.3, -0.25) is 9.59 Å². The van der Waals surface area contributed by atoms with Crippen LogP contribution < -0.4 is 20.3 Å². The Morgan fingerprint density at radius 1 is 1.12 bits per heavy atom. The van der Waals surface area contributed by atoms with Gasteiger partial charge in [-0.2, -0.15) is 0 Å². The molecule has 2 heterocycles. The standard InChI is InChI=1S/C24H25ClN4O3/c1-15-12-20(16(2)29(15)18-5-7-19(32-3)8-6-18)24(31)27-17-4-9-22(21(25)13-17)28-11-10-26-23(30)14-28/h4-9,12-13H,10-11,14H2,1-3H3,(H,26,30)(H,27,31). The third kappa shape index (κ3) is 4.29. The third-order valence-corrected chi connectivity index (χ3v) is 5.89. The molecule has 0 radical (unpaired) electrons. The second-order valence-corrected chi connectivity index (χ2v) is 8.12. The summed E-state index contributed by atoms with van der Waals surface area (Å²) in [6, 6.07) is 14.9. The number of hydrogen-bond acceptors (Lipinski definition) is 4. The number of aryl methyl sites for hydroxylation is 1. The topological polar surface area (TPSA) is 75.6 Å². The maximum Gasteiger partial charge on any atom is 0.257 e. The van der Waals surface area contributed by atoms with Crippen LogP contribution in [0.5, 0.6) is 5.75 Å². The molecule has 0 bridgehead atoms. The van der Waals surface area contributed by atoms with Crippen molar-refractivity contribution < 1.29 is 14.3 Å². The van der Waals surface area contributed by atoms with Gasteiger partial charge in [0.05, 0.1) is 29.9 Å². The van der Waals surface area contributed by atoms with Crippen LogP contribution in [0, 0.1) is 13.8 Å². The summed E-state index contributed by atoms with van der Waals surface area (Å²) >= 11 is 6.47. The number of carbonyl (C=O) groups is 2. The number of anilines is 2. The predicted octanol–water partition coefficient (Wildman–Crippen LogP) is 3.94. The maximum absolute atomic E-state index is 13.0. The van der Waals surface area contributed by atoms with Gasteiger partial charge in [0.25, 0.3) is 5.91 Å². The fourth-order valence-corrected chi connectivity index (χ4v) is 4.31. The SMILES string of the molecule is COc1ccc(-n2c(C)cc(C(=O)Nc3ccc(N4CCNC(=O)C4)c(Cl)c3)c2C)cc1. The van der Waals surface area contributed by atoms with Gasteiger partial charge in [-0.15, -0.1) is 0 Å². The summed E-state index contributed by atoms with van der Waals surface area (Å²) in [5.41, 5.74) is 4.71. The van der Waals surface area contributed by atoms with E-state index in [4.69, 9.17) is 16.3 Å². The first-order valence-corrected chi connectivity index (χ1v) is 10.7. The largest absolute Gasteiger partial charge is 0.497 e. The molecule has 0 unspecified atom stereocenters. The number of rotatable bonds is 5. The van der Waals surface area contributed by atoms with Crippen molar-refractivity contribution in [2.45, 2.75) is 13.8 Å². The Bertz CT molecular complexity index is 1170. The Hall–Kier alpha value is -3.45. The first-order chi connectivity index (χ1) is 15.4. The number of halogens is 1. The number of carbonyl (C=O) groups excluding carboxylic acids is 2. The molecule has 2 aromatic carbocycles. The monoisotopic (exact) mass is 452 g/mol. The molecule has 1 fully saturated rings. The Balaban J connectivity index is 1.54. The molecule has 0 saturated carbocycles. The number of piperazine rings is 1. The van der Waals surface area contributed by atoms with E-state index >= 15 is 0 Å². The van der Waals surface area contributed by atoms with Gasteiger partial charge in [-0.05, 0) is 62.4 Å². The summed E-state index contributed by atoms with van der Waals surface area (Å²) in [6.07, 6.45) is 0. The van der Waals surface area contributed by atoms with Crippen LogP contribution in [0.4, 0.5) is 11.4 Å². The zero-order valence-electron chi connectivity index (χ0n) is 18.2. The summed E-state index contributed by atoms with van der Waals surface area (Å²) < 4.78 is 7.26. The fourth-order valence-electron chi connectivity index (χ4n) is 4.01. The molecule has 2 N–H and O–H groups in total. The number of hydrogen-bond donors (Lipinski definition) is 2. The minimum Gasteiger partial charge on any atom is -0.497 e. The summed E-state index contributed by atoms with van der Waals surface area (Å²) in [7, 11) is 1.63. The van der Waals surface area contributed by atoms with Crippen LogP contribution >= 0.6 is 11.6 Å². The average molecular weight is 453 g/mol. The van der Waals surface area contributed by atoms with Gasteiger partial charge < -0.3 is 24.8 Å². The van der Waals surface area contributed by atoms with Crippen molar-refractivity contribution in [3.63, 3.8) is 0 Å². The molecule has 32 heavy (non-hydrogen) atoms. The van der Waals surface area contributed by atoms with Crippen LogP contribution in [-0.2, 0) is 4.79 Å². The van der Waals surface area contributed by atoms with Gasteiger partial charge in [0.15, 0.2) is 0 Å². The van der Waals surface area contributed by atoms with Gasteiger partial charge in [-0.25, -0.2) is 0 Å². The van der Waals surface area contributed by atoms with Crippen molar-refractivity contribution in [1.82, 2.24) is 9.88 Å². The lowest BCUT2D eigenvalue weighted by Gasteiger charge is -2.29. The number of aromatic nitrogens is 1. The van der Waals surface area contributed by atoms with Gasteiger partial charge in [-0.1, -0.05) is 11.6 Å². The minimum atomic E-state index is -0.209. The molecule has 3 aromatic rings. The number of methoxy groups -OCH3 is 1. The molecular weight excluding hydrogens is 428 g/mol. The number of benzene rings is 2. The molecular formula is C24H25ClN4O3. The fraction of sp³-hybridized carbons (Fsp3) is 0.250. The highest BCUT2D eigenvalue weighted by atomic mass is 35.5. The van der Waals surface area contributed by atoms with E-state index in [0.29, 0.717) is 29.4 Å². The highest BCUT2D eigenvalue weighted by molar-refractivity contribution is 6.33. The van der Waals surface area contributed by atoms with Gasteiger partial charge in [0.1, 0.15) is 5.75 Å². The quantitative estimate of drug-likeness (QED) is 0.614. The smallest absolute Gasteiger partial charge is 0.257 e. The second-order valence-electron chi connectivity index (χ2n) is 7.71. The molecule has 0 aliphatic carbocycles. The summed E-state index contributed by atoms with van der Waals surface area (Å²) in [4.78, 5) is 26.6. The summed E-state index contributed by atoms with van der Waals surface area (Å²) in [5, 5.41) is 6.22. The summed E-state index contributed by atoms with van der Waals surface area (Å²) in [6.45, 7) is 5.42. The zero-order valence-corrected chi connectivity index (χ0v) is 19.0. The predicted molar refractivity (Wildman–Crippen MR) is 126 cm³/mol. The molecule has 1 aliphatic rings. The second kappa shape index (κ2) is 8.96. The molecule has 1 aliphatic heterocycles. The van der Waals surface area contributed by atoms with Gasteiger partial charge in [0, 0.05) is 35.9 Å². The maximum atomic E-state index is 13.0. The van der Waals surface area contributed by atoms with Crippen molar-refractivity contribution in [3.05, 3.63) is 70.5 Å². The first-order valence-electron chi connectivity index (χ1n) is 10.3. The average Bonchev–Trinajstić information content (AvgIpc) is 3.08. The molecule has 2 amide bonds. The molecule has 166 valence electrons. The highest BCUT2D eigenvalue weighted by Crippen LogP contribution is 2.30. The normalized spacial score (nSPS) is 13.6. The first kappa shape index (κ1) is 21.8. The highest BCUT2D eigenvalue weighted by Gasteiger charge is 2.20. The number of amides is 2. The van der Waals surface area contributed by atoms with Crippen molar-refractivity contribution in [2.24, 2.45) is 0 Å². The van der Waals surface area contributed by atoms with Crippen LogP contribution in [0.15, 0.2) is 48.5 Å². The van der Waals surface area contributed by atoms with E-state index < -0.39 is 0 Å². The van der Waals surface area contributed by atoms with E-state index in [9.17, 15) is 9.59 Å². The zero-order chi connectivity index (χ0) is 22.8. The van der Waals surface area contributed by atoms with Gasteiger partial charge in [0.2, 0.25) is 5.91 Å². The number of nitrogens with one attached hydrogen (secondary N) is 2. The van der Waals surface area contributed by atoms with E-state index in [2.05, 4.69) is 10.6 Å². The Morgan fingerprint density at radius 3 is 2.53 bits per heavy atom. The summed E-state index contributed by atoms with van der Waals surface area (Å²) in [5.74, 6) is 0.538. The molecule has 8 heteroatoms. The lowest BCUT2D eigenvalue weighted by atomic mass is 10.2. The molecule has 7 nitrogen and oxygen atoms in total. The van der Waals surface area contributed by atoms with Crippen LogP contribution in [0.1, 0.15) is 21.7 Å². The Morgan fingerprint density at radius 2 is 1.88 bits per heavy atom. The van der Waals surface area contributed by atoms with E-state index in [1.54, 1.807) is 19.2 Å². The third-order valence-electron chi connectivity index (χ3n) is 5.59. The van der Waals surface area contributed by atoms with Crippen molar-refractivity contribution >= 4 is 34.8 Å². The molecule has 0 spiro atoms. The molecule has 4 rings (SSSR count). The van der Waals surface area contributed by atoms with Crippen molar-refractivity contribution in [3.8, 4) is 11.4 Å². The Labute approximate surface area is 191 Å². The van der Waals surface area contributed by atoms with Gasteiger partial charge >= 0.3 is 0 Å². The number of nitrogens with zero attached hydrogens (tertiary/aromatic N) is 2. The molecule has 0 atom stereocenters. The Kier molecular flexibility index (Phi) is 6.10. The van der Waals surface area contributed by atoms with Crippen LogP contribution in [0.25, 0.3) is 5.69 Å².